The zero-order valence-electron chi connectivity index (χ0n) is 7.08. The highest BCUT2D eigenvalue weighted by atomic mass is 16.5. The highest BCUT2D eigenvalue weighted by molar-refractivity contribution is 4.88. The Morgan fingerprint density at radius 3 is 3.00 bits per heavy atom. The lowest BCUT2D eigenvalue weighted by Gasteiger charge is -1.83. The van der Waals surface area contributed by atoms with Crippen molar-refractivity contribution in [2.75, 3.05) is 0 Å². The summed E-state index contributed by atoms with van der Waals surface area (Å²) in [6.07, 6.45) is 2.86. The van der Waals surface area contributed by atoms with Gasteiger partial charge in [0.2, 0.25) is 5.89 Å². The molecule has 1 aromatic heterocycles. The summed E-state index contributed by atoms with van der Waals surface area (Å²) in [6.45, 7) is 2.06. The fourth-order valence-electron chi connectivity index (χ4n) is 0.880. The van der Waals surface area contributed by atoms with Crippen molar-refractivity contribution in [3.05, 3.63) is 11.7 Å². The van der Waals surface area contributed by atoms with Crippen molar-refractivity contribution in [2.24, 2.45) is 0 Å². The summed E-state index contributed by atoms with van der Waals surface area (Å²) in [5.41, 5.74) is 0. The molecule has 0 N–H and O–H groups in total. The predicted octanol–water partition coefficient (Wildman–Crippen LogP) is 1.48. The fourth-order valence-corrected chi connectivity index (χ4v) is 0.880. The second kappa shape index (κ2) is 4.50. The maximum Gasteiger partial charge on any atom is 0.227 e. The van der Waals surface area contributed by atoms with Crippen molar-refractivity contribution in [1.82, 2.24) is 10.1 Å². The molecule has 1 aromatic rings. The normalized spacial score (nSPS) is 9.67. The van der Waals surface area contributed by atoms with Gasteiger partial charge in [0, 0.05) is 19.3 Å². The molecule has 0 radical (unpaired) electrons. The Bertz CT molecular complexity index is 274. The lowest BCUT2D eigenvalue weighted by molar-refractivity contribution is 0.374. The van der Waals surface area contributed by atoms with E-state index in [-0.39, 0.29) is 0 Å². The number of hydrogen-bond donors (Lipinski definition) is 0. The third-order valence-electron chi connectivity index (χ3n) is 1.43. The van der Waals surface area contributed by atoms with Crippen molar-refractivity contribution in [1.29, 1.82) is 5.26 Å². The third kappa shape index (κ3) is 2.35. The Hall–Kier alpha value is -1.37. The van der Waals surface area contributed by atoms with E-state index < -0.39 is 0 Å². The van der Waals surface area contributed by atoms with Gasteiger partial charge in [-0.05, 0) is 6.42 Å². The Morgan fingerprint density at radius 2 is 2.33 bits per heavy atom. The van der Waals surface area contributed by atoms with E-state index in [0.29, 0.717) is 18.7 Å². The van der Waals surface area contributed by atoms with E-state index in [1.165, 1.54) is 0 Å². The molecular formula is C8H11N3O. The van der Waals surface area contributed by atoms with E-state index in [9.17, 15) is 0 Å². The minimum Gasteiger partial charge on any atom is -0.339 e. The van der Waals surface area contributed by atoms with Gasteiger partial charge in [-0.2, -0.15) is 10.2 Å². The molecule has 64 valence electrons. The molecule has 0 aliphatic heterocycles. The summed E-state index contributed by atoms with van der Waals surface area (Å²) >= 11 is 0. The second-order valence-corrected chi connectivity index (χ2v) is 2.51. The van der Waals surface area contributed by atoms with Gasteiger partial charge in [-0.3, -0.25) is 0 Å². The molecule has 0 aliphatic carbocycles. The first-order valence-electron chi connectivity index (χ1n) is 4.05. The van der Waals surface area contributed by atoms with Crippen LogP contribution in [0.4, 0.5) is 0 Å². The first-order chi connectivity index (χ1) is 5.86. The van der Waals surface area contributed by atoms with Crippen molar-refractivity contribution >= 4 is 0 Å². The van der Waals surface area contributed by atoms with Crippen molar-refractivity contribution in [2.45, 2.75) is 32.6 Å². The van der Waals surface area contributed by atoms with Gasteiger partial charge in [-0.1, -0.05) is 12.1 Å². The van der Waals surface area contributed by atoms with Gasteiger partial charge in [0.1, 0.15) is 0 Å². The van der Waals surface area contributed by atoms with Crippen LogP contribution in [0.5, 0.6) is 0 Å². The molecule has 0 aliphatic rings. The molecule has 1 rings (SSSR count). The van der Waals surface area contributed by atoms with Crippen molar-refractivity contribution in [3.63, 3.8) is 0 Å². The lowest BCUT2D eigenvalue weighted by atomic mass is 10.3. The van der Waals surface area contributed by atoms with Crippen LogP contribution in [-0.2, 0) is 12.8 Å². The largest absolute Gasteiger partial charge is 0.339 e. The minimum atomic E-state index is 0.438. The van der Waals surface area contributed by atoms with Crippen LogP contribution in [0, 0.1) is 11.3 Å². The monoisotopic (exact) mass is 165 g/mol. The topological polar surface area (TPSA) is 62.7 Å². The summed E-state index contributed by atoms with van der Waals surface area (Å²) in [5, 5.41) is 12.1. The molecule has 1 heterocycles. The average molecular weight is 165 g/mol. The predicted molar refractivity (Wildman–Crippen MR) is 42.2 cm³/mol. The molecule has 4 nitrogen and oxygen atoms in total. The van der Waals surface area contributed by atoms with E-state index in [0.717, 1.165) is 18.7 Å². The molecule has 0 bridgehead atoms. The average Bonchev–Trinajstić information content (AvgIpc) is 2.50. The zero-order chi connectivity index (χ0) is 8.81. The fraction of sp³-hybridized carbons (Fsp3) is 0.625. The van der Waals surface area contributed by atoms with E-state index in [1.807, 2.05) is 6.07 Å². The van der Waals surface area contributed by atoms with Crippen LogP contribution in [-0.4, -0.2) is 10.1 Å². The van der Waals surface area contributed by atoms with E-state index in [1.54, 1.807) is 0 Å². The van der Waals surface area contributed by atoms with Crippen molar-refractivity contribution in [3.8, 4) is 6.07 Å². The molecule has 0 spiro atoms. The minimum absolute atomic E-state index is 0.438. The molecule has 0 atom stereocenters. The number of nitriles is 1. The van der Waals surface area contributed by atoms with Gasteiger partial charge in [0.25, 0.3) is 0 Å². The van der Waals surface area contributed by atoms with Gasteiger partial charge >= 0.3 is 0 Å². The van der Waals surface area contributed by atoms with Crippen LogP contribution in [0.3, 0.4) is 0 Å². The third-order valence-corrected chi connectivity index (χ3v) is 1.43. The van der Waals surface area contributed by atoms with Crippen LogP contribution in [0.1, 0.15) is 31.5 Å². The Kier molecular flexibility index (Phi) is 3.27. The molecule has 0 amide bonds. The summed E-state index contributed by atoms with van der Waals surface area (Å²) in [6, 6.07) is 2.03. The van der Waals surface area contributed by atoms with Crippen LogP contribution < -0.4 is 0 Å². The summed E-state index contributed by atoms with van der Waals surface area (Å²) in [5.74, 6) is 1.31. The zero-order valence-corrected chi connectivity index (χ0v) is 7.08. The summed E-state index contributed by atoms with van der Waals surface area (Å²) in [7, 11) is 0. The second-order valence-electron chi connectivity index (χ2n) is 2.51. The van der Waals surface area contributed by atoms with Gasteiger partial charge < -0.3 is 4.52 Å². The van der Waals surface area contributed by atoms with E-state index in [4.69, 9.17) is 9.78 Å². The Labute approximate surface area is 71.2 Å². The van der Waals surface area contributed by atoms with Crippen molar-refractivity contribution < 1.29 is 4.52 Å². The first kappa shape index (κ1) is 8.72. The standard InChI is InChI=1S/C8H11N3O/c1-2-4-7-10-8(12-11-7)5-3-6-9/h2-5H2,1H3. The number of aromatic nitrogens is 2. The molecule has 0 fully saturated rings. The molecular weight excluding hydrogens is 154 g/mol. The van der Waals surface area contributed by atoms with Gasteiger partial charge in [0.15, 0.2) is 5.82 Å². The number of nitrogens with zero attached hydrogens (tertiary/aromatic N) is 3. The number of rotatable bonds is 4. The van der Waals surface area contributed by atoms with Gasteiger partial charge in [-0.15, -0.1) is 0 Å². The SMILES string of the molecule is CCCc1noc(CCC#N)n1. The highest BCUT2D eigenvalue weighted by Gasteiger charge is 2.03. The van der Waals surface area contributed by atoms with Crippen LogP contribution in [0.25, 0.3) is 0 Å². The summed E-state index contributed by atoms with van der Waals surface area (Å²) in [4.78, 5) is 4.11. The quantitative estimate of drug-likeness (QED) is 0.677. The van der Waals surface area contributed by atoms with E-state index >= 15 is 0 Å². The number of hydrogen-bond acceptors (Lipinski definition) is 4. The summed E-state index contributed by atoms with van der Waals surface area (Å²) < 4.78 is 4.91. The van der Waals surface area contributed by atoms with E-state index in [2.05, 4.69) is 17.1 Å². The molecule has 4 heteroatoms. The maximum atomic E-state index is 8.30. The molecule has 0 aromatic carbocycles. The molecule has 0 saturated carbocycles. The van der Waals surface area contributed by atoms with Crippen LogP contribution >= 0.6 is 0 Å². The van der Waals surface area contributed by atoms with Gasteiger partial charge in [0.05, 0.1) is 6.07 Å². The molecule has 0 saturated heterocycles. The number of aryl methyl sites for hydroxylation is 2. The Balaban J connectivity index is 2.47. The molecule has 12 heavy (non-hydrogen) atoms. The van der Waals surface area contributed by atoms with Crippen LogP contribution in [0.2, 0.25) is 0 Å². The van der Waals surface area contributed by atoms with Gasteiger partial charge in [-0.25, -0.2) is 0 Å². The Morgan fingerprint density at radius 1 is 1.50 bits per heavy atom. The van der Waals surface area contributed by atoms with Crippen LogP contribution in [0.15, 0.2) is 4.52 Å². The maximum absolute atomic E-state index is 8.30. The smallest absolute Gasteiger partial charge is 0.227 e. The lowest BCUT2D eigenvalue weighted by Crippen LogP contribution is -1.87. The molecule has 0 unspecified atom stereocenters. The first-order valence-corrected chi connectivity index (χ1v) is 4.05. The highest BCUT2D eigenvalue weighted by Crippen LogP contribution is 2.01.